The van der Waals surface area contributed by atoms with Crippen molar-refractivity contribution in [3.05, 3.63) is 34.9 Å². The van der Waals surface area contributed by atoms with Crippen molar-refractivity contribution in [3.63, 3.8) is 0 Å². The molecule has 0 aliphatic carbocycles. The second-order valence-electron chi connectivity index (χ2n) is 5.11. The number of carbonyl (C=O) groups excluding carboxylic acids is 1. The molecule has 2 rings (SSSR count). The van der Waals surface area contributed by atoms with Gasteiger partial charge in [-0.2, -0.15) is 0 Å². The monoisotopic (exact) mass is 232 g/mol. The summed E-state index contributed by atoms with van der Waals surface area (Å²) in [5.41, 5.74) is 3.58. The normalized spacial score (nSPS) is 23.9. The Balaban J connectivity index is 2.07. The van der Waals surface area contributed by atoms with E-state index in [2.05, 4.69) is 32.0 Å². The van der Waals surface area contributed by atoms with Crippen LogP contribution in [0, 0.1) is 19.8 Å². The van der Waals surface area contributed by atoms with Gasteiger partial charge in [0.25, 0.3) is 0 Å². The predicted molar refractivity (Wildman–Crippen MR) is 68.1 cm³/mol. The first-order valence-electron chi connectivity index (χ1n) is 6.28. The van der Waals surface area contributed by atoms with Gasteiger partial charge in [0, 0.05) is 18.9 Å². The molecule has 92 valence electrons. The van der Waals surface area contributed by atoms with Crippen LogP contribution in [0.5, 0.6) is 0 Å². The van der Waals surface area contributed by atoms with E-state index in [1.165, 1.54) is 11.1 Å². The van der Waals surface area contributed by atoms with E-state index in [4.69, 9.17) is 4.74 Å². The summed E-state index contributed by atoms with van der Waals surface area (Å²) >= 11 is 0. The SMILES string of the molecule is Cc1cc(C)cc(CC(=O)C2CCOC2C)c1. The summed E-state index contributed by atoms with van der Waals surface area (Å²) < 4.78 is 5.45. The fourth-order valence-electron chi connectivity index (χ4n) is 2.66. The van der Waals surface area contributed by atoms with Crippen LogP contribution in [0.15, 0.2) is 18.2 Å². The Bertz CT molecular complexity index is 403. The third kappa shape index (κ3) is 2.95. The van der Waals surface area contributed by atoms with Crippen LogP contribution in [0.1, 0.15) is 30.0 Å². The van der Waals surface area contributed by atoms with Gasteiger partial charge in [0.15, 0.2) is 0 Å². The van der Waals surface area contributed by atoms with Crippen LogP contribution in [0.3, 0.4) is 0 Å². The average Bonchev–Trinajstić information content (AvgIpc) is 2.62. The van der Waals surface area contributed by atoms with Gasteiger partial charge in [-0.15, -0.1) is 0 Å². The van der Waals surface area contributed by atoms with Crippen molar-refractivity contribution in [2.75, 3.05) is 6.61 Å². The molecule has 0 aromatic heterocycles. The first-order valence-corrected chi connectivity index (χ1v) is 6.28. The molecule has 0 N–H and O–H groups in total. The Morgan fingerprint density at radius 2 is 1.94 bits per heavy atom. The largest absolute Gasteiger partial charge is 0.378 e. The summed E-state index contributed by atoms with van der Waals surface area (Å²) in [5.74, 6) is 0.413. The molecule has 1 aromatic rings. The highest BCUT2D eigenvalue weighted by Gasteiger charge is 2.30. The van der Waals surface area contributed by atoms with E-state index in [1.807, 2.05) is 6.92 Å². The van der Waals surface area contributed by atoms with Crippen LogP contribution in [-0.4, -0.2) is 18.5 Å². The van der Waals surface area contributed by atoms with Crippen molar-refractivity contribution in [1.29, 1.82) is 0 Å². The van der Waals surface area contributed by atoms with Crippen LogP contribution in [-0.2, 0) is 16.0 Å². The minimum Gasteiger partial charge on any atom is -0.378 e. The lowest BCUT2D eigenvalue weighted by Crippen LogP contribution is -2.23. The number of hydrogen-bond acceptors (Lipinski definition) is 2. The summed E-state index contributed by atoms with van der Waals surface area (Å²) in [7, 11) is 0. The Morgan fingerprint density at radius 3 is 2.47 bits per heavy atom. The Labute approximate surface area is 103 Å². The van der Waals surface area contributed by atoms with Gasteiger partial charge in [0.2, 0.25) is 0 Å². The molecule has 1 fully saturated rings. The van der Waals surface area contributed by atoms with Crippen molar-refractivity contribution in [1.82, 2.24) is 0 Å². The Hall–Kier alpha value is -1.15. The molecule has 2 atom stereocenters. The second kappa shape index (κ2) is 5.01. The minimum absolute atomic E-state index is 0.0911. The van der Waals surface area contributed by atoms with Crippen molar-refractivity contribution < 1.29 is 9.53 Å². The minimum atomic E-state index is 0.0911. The third-order valence-electron chi connectivity index (χ3n) is 3.45. The molecule has 0 saturated carbocycles. The lowest BCUT2D eigenvalue weighted by Gasteiger charge is -2.13. The highest BCUT2D eigenvalue weighted by atomic mass is 16.5. The fourth-order valence-corrected chi connectivity index (χ4v) is 2.66. The molecule has 2 heteroatoms. The highest BCUT2D eigenvalue weighted by Crippen LogP contribution is 2.23. The van der Waals surface area contributed by atoms with E-state index < -0.39 is 0 Å². The van der Waals surface area contributed by atoms with E-state index in [0.29, 0.717) is 12.2 Å². The lowest BCUT2D eigenvalue weighted by atomic mass is 9.92. The predicted octanol–water partition coefficient (Wildman–Crippen LogP) is 2.84. The summed E-state index contributed by atoms with van der Waals surface area (Å²) in [6.07, 6.45) is 1.51. The van der Waals surface area contributed by atoms with Gasteiger partial charge in [0.05, 0.1) is 6.10 Å². The summed E-state index contributed by atoms with van der Waals surface area (Å²) in [6.45, 7) is 6.87. The molecular formula is C15H20O2. The molecule has 0 spiro atoms. The summed E-state index contributed by atoms with van der Waals surface area (Å²) in [6, 6.07) is 6.34. The molecule has 1 aliphatic heterocycles. The lowest BCUT2D eigenvalue weighted by molar-refractivity contribution is -0.123. The number of hydrogen-bond donors (Lipinski definition) is 0. The zero-order valence-corrected chi connectivity index (χ0v) is 10.8. The number of carbonyl (C=O) groups is 1. The second-order valence-corrected chi connectivity index (χ2v) is 5.11. The number of ether oxygens (including phenoxy) is 1. The Kier molecular flexibility index (Phi) is 3.63. The maximum atomic E-state index is 12.2. The molecule has 0 amide bonds. The standard InChI is InChI=1S/C15H20O2/c1-10-6-11(2)8-13(7-10)9-15(16)14-4-5-17-12(14)3/h6-8,12,14H,4-5,9H2,1-3H3. The van der Waals surface area contributed by atoms with Gasteiger partial charge in [-0.25, -0.2) is 0 Å². The molecule has 0 bridgehead atoms. The van der Waals surface area contributed by atoms with Crippen molar-refractivity contribution in [3.8, 4) is 0 Å². The summed E-state index contributed by atoms with van der Waals surface area (Å²) in [4.78, 5) is 12.2. The topological polar surface area (TPSA) is 26.3 Å². The quantitative estimate of drug-likeness (QED) is 0.801. The van der Waals surface area contributed by atoms with E-state index in [0.717, 1.165) is 18.6 Å². The zero-order chi connectivity index (χ0) is 12.4. The zero-order valence-electron chi connectivity index (χ0n) is 10.8. The smallest absolute Gasteiger partial charge is 0.142 e. The first-order chi connectivity index (χ1) is 8.06. The number of rotatable bonds is 3. The molecule has 17 heavy (non-hydrogen) atoms. The van der Waals surface area contributed by atoms with E-state index in [-0.39, 0.29) is 12.0 Å². The number of ketones is 1. The first kappa shape index (κ1) is 12.3. The van der Waals surface area contributed by atoms with Gasteiger partial charge >= 0.3 is 0 Å². The average molecular weight is 232 g/mol. The van der Waals surface area contributed by atoms with Crippen LogP contribution in [0.25, 0.3) is 0 Å². The molecule has 2 unspecified atom stereocenters. The van der Waals surface area contributed by atoms with Gasteiger partial charge in [-0.1, -0.05) is 29.3 Å². The van der Waals surface area contributed by atoms with Crippen LogP contribution >= 0.6 is 0 Å². The van der Waals surface area contributed by atoms with E-state index in [9.17, 15) is 4.79 Å². The van der Waals surface area contributed by atoms with Crippen LogP contribution in [0.2, 0.25) is 0 Å². The van der Waals surface area contributed by atoms with Gasteiger partial charge in [0.1, 0.15) is 5.78 Å². The Morgan fingerprint density at radius 1 is 1.29 bits per heavy atom. The van der Waals surface area contributed by atoms with Crippen LogP contribution in [0.4, 0.5) is 0 Å². The molecule has 2 nitrogen and oxygen atoms in total. The van der Waals surface area contributed by atoms with Gasteiger partial charge in [-0.3, -0.25) is 4.79 Å². The maximum absolute atomic E-state index is 12.2. The molecule has 1 heterocycles. The van der Waals surface area contributed by atoms with Crippen LogP contribution < -0.4 is 0 Å². The number of aryl methyl sites for hydroxylation is 2. The molecule has 1 aromatic carbocycles. The molecule has 1 aliphatic rings. The number of benzene rings is 1. The van der Waals surface area contributed by atoms with E-state index in [1.54, 1.807) is 0 Å². The van der Waals surface area contributed by atoms with Crippen molar-refractivity contribution >= 4 is 5.78 Å². The fraction of sp³-hybridized carbons (Fsp3) is 0.533. The molecule has 0 radical (unpaired) electrons. The molecule has 1 saturated heterocycles. The van der Waals surface area contributed by atoms with Gasteiger partial charge < -0.3 is 4.74 Å². The number of Topliss-reactive ketones (excluding diaryl/α,β-unsaturated/α-hetero) is 1. The van der Waals surface area contributed by atoms with Gasteiger partial charge in [-0.05, 0) is 32.8 Å². The maximum Gasteiger partial charge on any atom is 0.142 e. The molecular weight excluding hydrogens is 212 g/mol. The highest BCUT2D eigenvalue weighted by molar-refractivity contribution is 5.84. The van der Waals surface area contributed by atoms with Crippen molar-refractivity contribution in [2.24, 2.45) is 5.92 Å². The summed E-state index contributed by atoms with van der Waals surface area (Å²) in [5, 5.41) is 0. The van der Waals surface area contributed by atoms with E-state index >= 15 is 0 Å². The van der Waals surface area contributed by atoms with Crippen molar-refractivity contribution in [2.45, 2.75) is 39.7 Å². The third-order valence-corrected chi connectivity index (χ3v) is 3.45.